The second kappa shape index (κ2) is 4.84. The molecule has 1 rings (SSSR count). The van der Waals surface area contributed by atoms with Crippen LogP contribution in [0.1, 0.15) is 11.7 Å². The van der Waals surface area contributed by atoms with E-state index in [4.69, 9.17) is 16.3 Å². The first-order chi connectivity index (χ1) is 6.19. The van der Waals surface area contributed by atoms with Crippen molar-refractivity contribution in [3.8, 4) is 5.75 Å². The van der Waals surface area contributed by atoms with Gasteiger partial charge in [-0.15, -0.1) is 0 Å². The van der Waals surface area contributed by atoms with Crippen molar-refractivity contribution >= 4 is 27.5 Å². The molecule has 1 unspecified atom stereocenters. The Kier molecular flexibility index (Phi) is 4.03. The number of aliphatic hydroxyl groups excluding tert-OH is 1. The summed E-state index contributed by atoms with van der Waals surface area (Å²) in [7, 11) is 1.56. The summed E-state index contributed by atoms with van der Waals surface area (Å²) in [6.07, 6.45) is -0.589. The Hall–Kier alpha value is -0.250. The molecule has 1 atom stereocenters. The average Bonchev–Trinajstić information content (AvgIpc) is 2.16. The van der Waals surface area contributed by atoms with Crippen LogP contribution in [-0.4, -0.2) is 17.5 Å². The van der Waals surface area contributed by atoms with Gasteiger partial charge < -0.3 is 9.84 Å². The molecule has 0 fully saturated rings. The van der Waals surface area contributed by atoms with E-state index in [1.54, 1.807) is 25.3 Å². The molecular formula is C9H10BrClO2. The number of alkyl halides is 1. The maximum atomic E-state index is 9.58. The number of halogens is 2. The molecule has 0 saturated heterocycles. The zero-order chi connectivity index (χ0) is 9.84. The summed E-state index contributed by atoms with van der Waals surface area (Å²) in [5.41, 5.74) is 0.701. The highest BCUT2D eigenvalue weighted by Crippen LogP contribution is 2.28. The third-order valence-corrected chi connectivity index (χ3v) is 2.55. The zero-order valence-electron chi connectivity index (χ0n) is 7.13. The molecule has 0 aliphatic carbocycles. The summed E-state index contributed by atoms with van der Waals surface area (Å²) in [6.45, 7) is 0. The first kappa shape index (κ1) is 10.8. The van der Waals surface area contributed by atoms with Gasteiger partial charge in [-0.2, -0.15) is 0 Å². The summed E-state index contributed by atoms with van der Waals surface area (Å²) in [6, 6.07) is 5.17. The van der Waals surface area contributed by atoms with Crippen LogP contribution in [0.25, 0.3) is 0 Å². The fourth-order valence-electron chi connectivity index (χ4n) is 1.05. The minimum absolute atomic E-state index is 0.462. The van der Waals surface area contributed by atoms with Gasteiger partial charge >= 0.3 is 0 Å². The van der Waals surface area contributed by atoms with Gasteiger partial charge in [-0.25, -0.2) is 0 Å². The quantitative estimate of drug-likeness (QED) is 0.852. The lowest BCUT2D eigenvalue weighted by Crippen LogP contribution is -2.01. The monoisotopic (exact) mass is 264 g/mol. The minimum atomic E-state index is -0.589. The van der Waals surface area contributed by atoms with Crippen molar-refractivity contribution in [2.45, 2.75) is 6.10 Å². The molecule has 0 amide bonds. The van der Waals surface area contributed by atoms with Gasteiger partial charge in [0, 0.05) is 15.9 Å². The first-order valence-electron chi connectivity index (χ1n) is 3.76. The molecule has 0 aliphatic rings. The summed E-state index contributed by atoms with van der Waals surface area (Å²) in [5, 5.41) is 10.6. The normalized spacial score (nSPS) is 12.6. The third kappa shape index (κ3) is 2.59. The van der Waals surface area contributed by atoms with Crippen LogP contribution in [0.5, 0.6) is 5.75 Å². The summed E-state index contributed by atoms with van der Waals surface area (Å²) in [5.74, 6) is 0.649. The number of benzene rings is 1. The van der Waals surface area contributed by atoms with E-state index < -0.39 is 6.10 Å². The molecule has 0 radical (unpaired) electrons. The van der Waals surface area contributed by atoms with Crippen molar-refractivity contribution < 1.29 is 9.84 Å². The van der Waals surface area contributed by atoms with Crippen molar-refractivity contribution in [2.75, 3.05) is 12.4 Å². The summed E-state index contributed by atoms with van der Waals surface area (Å²) >= 11 is 8.98. The molecule has 4 heteroatoms. The molecule has 0 bridgehead atoms. The highest BCUT2D eigenvalue weighted by atomic mass is 79.9. The van der Waals surface area contributed by atoms with Gasteiger partial charge in [0.25, 0.3) is 0 Å². The molecule has 0 spiro atoms. The Morgan fingerprint density at radius 2 is 2.31 bits per heavy atom. The molecule has 72 valence electrons. The van der Waals surface area contributed by atoms with Crippen molar-refractivity contribution in [2.24, 2.45) is 0 Å². The second-order valence-corrected chi connectivity index (χ2v) is 3.64. The molecule has 0 saturated carbocycles. The maximum Gasteiger partial charge on any atom is 0.124 e. The molecule has 0 aliphatic heterocycles. The van der Waals surface area contributed by atoms with Crippen LogP contribution in [0.4, 0.5) is 0 Å². The fourth-order valence-corrected chi connectivity index (χ4v) is 1.58. The highest BCUT2D eigenvalue weighted by molar-refractivity contribution is 9.09. The first-order valence-corrected chi connectivity index (χ1v) is 5.26. The van der Waals surface area contributed by atoms with Crippen LogP contribution in [0.2, 0.25) is 5.02 Å². The minimum Gasteiger partial charge on any atom is -0.496 e. The van der Waals surface area contributed by atoms with Crippen LogP contribution in [0, 0.1) is 0 Å². The van der Waals surface area contributed by atoms with E-state index in [1.165, 1.54) is 0 Å². The fraction of sp³-hybridized carbons (Fsp3) is 0.333. The Morgan fingerprint density at radius 3 is 2.85 bits per heavy atom. The molecule has 0 aromatic heterocycles. The lowest BCUT2D eigenvalue weighted by atomic mass is 10.1. The molecular weight excluding hydrogens is 255 g/mol. The van der Waals surface area contributed by atoms with E-state index in [0.29, 0.717) is 21.7 Å². The van der Waals surface area contributed by atoms with Gasteiger partial charge in [0.15, 0.2) is 0 Å². The van der Waals surface area contributed by atoms with Gasteiger partial charge in [-0.3, -0.25) is 0 Å². The van der Waals surface area contributed by atoms with E-state index in [0.717, 1.165) is 0 Å². The SMILES string of the molecule is COc1ccc(Cl)cc1C(O)CBr. The zero-order valence-corrected chi connectivity index (χ0v) is 9.47. The van der Waals surface area contributed by atoms with Gasteiger partial charge in [0.1, 0.15) is 5.75 Å². The van der Waals surface area contributed by atoms with E-state index in [1.807, 2.05) is 0 Å². The van der Waals surface area contributed by atoms with Crippen LogP contribution < -0.4 is 4.74 Å². The van der Waals surface area contributed by atoms with Gasteiger partial charge in [-0.1, -0.05) is 27.5 Å². The smallest absolute Gasteiger partial charge is 0.124 e. The number of ether oxygens (including phenoxy) is 1. The van der Waals surface area contributed by atoms with Gasteiger partial charge in [0.05, 0.1) is 13.2 Å². The number of hydrogen-bond acceptors (Lipinski definition) is 2. The Bertz CT molecular complexity index is 291. The molecule has 1 aromatic rings. The van der Waals surface area contributed by atoms with E-state index >= 15 is 0 Å². The predicted molar refractivity (Wildman–Crippen MR) is 56.8 cm³/mol. The van der Waals surface area contributed by atoms with E-state index in [9.17, 15) is 5.11 Å². The Labute approximate surface area is 90.6 Å². The van der Waals surface area contributed by atoms with Crippen LogP contribution in [0.15, 0.2) is 18.2 Å². The summed E-state index contributed by atoms with van der Waals surface area (Å²) < 4.78 is 5.08. The molecule has 13 heavy (non-hydrogen) atoms. The second-order valence-electron chi connectivity index (χ2n) is 2.56. The number of hydrogen-bond donors (Lipinski definition) is 1. The Morgan fingerprint density at radius 1 is 1.62 bits per heavy atom. The molecule has 0 heterocycles. The third-order valence-electron chi connectivity index (χ3n) is 1.70. The lowest BCUT2D eigenvalue weighted by molar-refractivity contribution is 0.200. The Balaban J connectivity index is 3.07. The van der Waals surface area contributed by atoms with Crippen molar-refractivity contribution in [3.05, 3.63) is 28.8 Å². The summed E-state index contributed by atoms with van der Waals surface area (Å²) in [4.78, 5) is 0. The number of methoxy groups -OCH3 is 1. The van der Waals surface area contributed by atoms with E-state index in [-0.39, 0.29) is 0 Å². The predicted octanol–water partition coefficient (Wildman–Crippen LogP) is 2.78. The molecule has 1 N–H and O–H groups in total. The van der Waals surface area contributed by atoms with Crippen LogP contribution in [-0.2, 0) is 0 Å². The lowest BCUT2D eigenvalue weighted by Gasteiger charge is -2.12. The average molecular weight is 266 g/mol. The van der Waals surface area contributed by atoms with Crippen LogP contribution in [0.3, 0.4) is 0 Å². The van der Waals surface area contributed by atoms with Crippen LogP contribution >= 0.6 is 27.5 Å². The van der Waals surface area contributed by atoms with E-state index in [2.05, 4.69) is 15.9 Å². The highest BCUT2D eigenvalue weighted by Gasteiger charge is 2.11. The topological polar surface area (TPSA) is 29.5 Å². The molecule has 1 aromatic carbocycles. The van der Waals surface area contributed by atoms with Crippen molar-refractivity contribution in [1.29, 1.82) is 0 Å². The number of aliphatic hydroxyl groups is 1. The van der Waals surface area contributed by atoms with Gasteiger partial charge in [0.2, 0.25) is 0 Å². The molecule has 2 nitrogen and oxygen atoms in total. The van der Waals surface area contributed by atoms with Crippen molar-refractivity contribution in [1.82, 2.24) is 0 Å². The van der Waals surface area contributed by atoms with Gasteiger partial charge in [-0.05, 0) is 18.2 Å². The standard InChI is InChI=1S/C9H10BrClO2/c1-13-9-3-2-6(11)4-7(9)8(12)5-10/h2-4,8,12H,5H2,1H3. The van der Waals surface area contributed by atoms with Crippen molar-refractivity contribution in [3.63, 3.8) is 0 Å². The maximum absolute atomic E-state index is 9.58. The number of rotatable bonds is 3. The largest absolute Gasteiger partial charge is 0.496 e.